The van der Waals surface area contributed by atoms with Gasteiger partial charge in [0.1, 0.15) is 11.5 Å². The molecule has 0 fully saturated rings. The Bertz CT molecular complexity index is 1150. The predicted octanol–water partition coefficient (Wildman–Crippen LogP) is 5.28. The molecule has 0 aliphatic heterocycles. The van der Waals surface area contributed by atoms with Crippen LogP contribution in [0.1, 0.15) is 28.6 Å². The molecule has 4 rings (SSSR count). The minimum atomic E-state index is -0.286. The average molecular weight is 405 g/mol. The number of anilines is 1. The zero-order valence-electron chi connectivity index (χ0n) is 16.0. The van der Waals surface area contributed by atoms with E-state index < -0.39 is 0 Å². The smallest absolute Gasteiger partial charge is 0.280 e. The number of hydrogen-bond donors (Lipinski definition) is 0. The molecule has 0 saturated heterocycles. The van der Waals surface area contributed by atoms with Crippen LogP contribution in [0.5, 0.6) is 5.75 Å². The van der Waals surface area contributed by atoms with Gasteiger partial charge in [0.2, 0.25) is 5.13 Å². The van der Waals surface area contributed by atoms with Crippen LogP contribution in [0.25, 0.3) is 10.2 Å². The minimum Gasteiger partial charge on any atom is -0.494 e. The zero-order valence-corrected chi connectivity index (χ0v) is 16.8. The number of aryl methyl sites for hydroxylation is 1. The third-order valence-electron chi connectivity index (χ3n) is 4.16. The van der Waals surface area contributed by atoms with Crippen LogP contribution in [0.15, 0.2) is 70.4 Å². The van der Waals surface area contributed by atoms with E-state index >= 15 is 0 Å². The highest BCUT2D eigenvalue weighted by Crippen LogP contribution is 2.31. The summed E-state index contributed by atoms with van der Waals surface area (Å²) in [6.45, 7) is 4.51. The number of ether oxygens (including phenoxy) is 1. The Morgan fingerprint density at radius 2 is 2.07 bits per heavy atom. The van der Waals surface area contributed by atoms with Gasteiger partial charge in [0, 0.05) is 5.56 Å². The monoisotopic (exact) mass is 405 g/mol. The van der Waals surface area contributed by atoms with Gasteiger partial charge in [-0.05, 0) is 67.9 Å². The minimum absolute atomic E-state index is 0.286. The van der Waals surface area contributed by atoms with Crippen molar-refractivity contribution in [1.29, 1.82) is 0 Å². The van der Waals surface area contributed by atoms with Crippen LogP contribution >= 0.6 is 11.3 Å². The van der Waals surface area contributed by atoms with E-state index in [1.807, 2.05) is 32.0 Å². The van der Waals surface area contributed by atoms with Gasteiger partial charge in [0.15, 0.2) is 0 Å². The van der Waals surface area contributed by atoms with Crippen molar-refractivity contribution in [3.63, 3.8) is 0 Å². The molecule has 0 aliphatic rings. The summed E-state index contributed by atoms with van der Waals surface area (Å²) in [5.74, 6) is 0.975. The maximum atomic E-state index is 13.2. The Labute approximate surface area is 172 Å². The Morgan fingerprint density at radius 1 is 1.24 bits per heavy atom. The van der Waals surface area contributed by atoms with Gasteiger partial charge in [-0.25, -0.2) is 4.98 Å². The molecule has 0 unspecified atom stereocenters. The van der Waals surface area contributed by atoms with E-state index in [4.69, 9.17) is 9.15 Å². The summed E-state index contributed by atoms with van der Waals surface area (Å²) in [5.41, 5.74) is 2.45. The third kappa shape index (κ3) is 4.20. The van der Waals surface area contributed by atoms with Crippen LogP contribution < -0.4 is 9.75 Å². The summed E-state index contributed by atoms with van der Waals surface area (Å²) in [6.07, 6.45) is 3.06. The molecule has 0 saturated carbocycles. The second-order valence-electron chi connectivity index (χ2n) is 6.30. The van der Waals surface area contributed by atoms with Crippen molar-refractivity contribution in [1.82, 2.24) is 4.98 Å². The van der Waals surface area contributed by atoms with Gasteiger partial charge in [0.05, 0.1) is 29.3 Å². The molecule has 2 aromatic heterocycles. The highest BCUT2D eigenvalue weighted by atomic mass is 32.1. The van der Waals surface area contributed by atoms with Crippen molar-refractivity contribution in [2.24, 2.45) is 5.10 Å². The SMILES string of the molecule is CCOc1ccc(C(=O)N(/N=C/c2ccco2)c2nc3ccc(C)cc3s2)cc1. The summed E-state index contributed by atoms with van der Waals surface area (Å²) in [7, 11) is 0. The molecule has 0 spiro atoms. The average Bonchev–Trinajstić information content (AvgIpc) is 3.38. The molecule has 0 radical (unpaired) electrons. The first-order valence-corrected chi connectivity index (χ1v) is 9.97. The normalized spacial score (nSPS) is 11.2. The van der Waals surface area contributed by atoms with E-state index in [0.717, 1.165) is 15.8 Å². The maximum Gasteiger partial charge on any atom is 0.280 e. The summed E-state index contributed by atoms with van der Waals surface area (Å²) in [4.78, 5) is 17.8. The van der Waals surface area contributed by atoms with Gasteiger partial charge in [-0.15, -0.1) is 0 Å². The number of hydrogen-bond acceptors (Lipinski definition) is 6. The molecular formula is C22H19N3O3S. The molecule has 7 heteroatoms. The van der Waals surface area contributed by atoms with Crippen LogP contribution in [0, 0.1) is 6.92 Å². The highest BCUT2D eigenvalue weighted by Gasteiger charge is 2.21. The fourth-order valence-electron chi connectivity index (χ4n) is 2.76. The van der Waals surface area contributed by atoms with Crippen molar-refractivity contribution >= 4 is 38.8 Å². The van der Waals surface area contributed by atoms with Crippen molar-refractivity contribution in [2.45, 2.75) is 13.8 Å². The van der Waals surface area contributed by atoms with E-state index in [1.165, 1.54) is 22.6 Å². The lowest BCUT2D eigenvalue weighted by atomic mass is 10.2. The molecule has 0 atom stereocenters. The lowest BCUT2D eigenvalue weighted by Crippen LogP contribution is -2.25. The first kappa shape index (κ1) is 18.9. The highest BCUT2D eigenvalue weighted by molar-refractivity contribution is 7.22. The number of nitrogens with zero attached hydrogens (tertiary/aromatic N) is 3. The second-order valence-corrected chi connectivity index (χ2v) is 7.31. The number of aromatic nitrogens is 1. The van der Waals surface area contributed by atoms with Gasteiger partial charge < -0.3 is 9.15 Å². The second kappa shape index (κ2) is 8.28. The van der Waals surface area contributed by atoms with E-state index in [2.05, 4.69) is 10.1 Å². The van der Waals surface area contributed by atoms with Crippen LogP contribution in [-0.2, 0) is 0 Å². The van der Waals surface area contributed by atoms with E-state index in [9.17, 15) is 4.79 Å². The molecule has 146 valence electrons. The lowest BCUT2D eigenvalue weighted by Gasteiger charge is -2.14. The van der Waals surface area contributed by atoms with Crippen molar-refractivity contribution < 1.29 is 13.9 Å². The fourth-order valence-corrected chi connectivity index (χ4v) is 3.78. The molecule has 2 heterocycles. The largest absolute Gasteiger partial charge is 0.494 e. The Morgan fingerprint density at radius 3 is 2.79 bits per heavy atom. The number of rotatable bonds is 6. The maximum absolute atomic E-state index is 13.2. The van der Waals surface area contributed by atoms with Crippen LogP contribution in [0.4, 0.5) is 5.13 Å². The Balaban J connectivity index is 1.71. The Kier molecular flexibility index (Phi) is 5.39. The number of hydrazone groups is 1. The number of benzene rings is 2. The number of carbonyl (C=O) groups is 1. The van der Waals surface area contributed by atoms with Gasteiger partial charge in [-0.1, -0.05) is 17.4 Å². The van der Waals surface area contributed by atoms with Crippen LogP contribution in [-0.4, -0.2) is 23.7 Å². The quantitative estimate of drug-likeness (QED) is 0.323. The van der Waals surface area contributed by atoms with Gasteiger partial charge in [0.25, 0.3) is 5.91 Å². The first-order chi connectivity index (χ1) is 14.1. The molecule has 6 nitrogen and oxygen atoms in total. The molecule has 0 N–H and O–H groups in total. The van der Waals surface area contributed by atoms with Crippen LogP contribution in [0.2, 0.25) is 0 Å². The van der Waals surface area contributed by atoms with E-state index in [0.29, 0.717) is 28.8 Å². The molecule has 4 aromatic rings. The van der Waals surface area contributed by atoms with E-state index in [-0.39, 0.29) is 5.91 Å². The molecule has 29 heavy (non-hydrogen) atoms. The summed E-state index contributed by atoms with van der Waals surface area (Å²) in [6, 6.07) is 16.5. The van der Waals surface area contributed by atoms with Crippen molar-refractivity contribution in [3.05, 3.63) is 77.7 Å². The summed E-state index contributed by atoms with van der Waals surface area (Å²) in [5, 5.41) is 6.17. The first-order valence-electron chi connectivity index (χ1n) is 9.16. The molecular weight excluding hydrogens is 386 g/mol. The third-order valence-corrected chi connectivity index (χ3v) is 5.16. The topological polar surface area (TPSA) is 67.9 Å². The summed E-state index contributed by atoms with van der Waals surface area (Å²) < 4.78 is 11.8. The van der Waals surface area contributed by atoms with Gasteiger partial charge in [-0.2, -0.15) is 10.1 Å². The molecule has 0 aliphatic carbocycles. The molecule has 2 aromatic carbocycles. The molecule has 0 bridgehead atoms. The zero-order chi connectivity index (χ0) is 20.2. The number of carbonyl (C=O) groups excluding carboxylic acids is 1. The van der Waals surface area contributed by atoms with Crippen molar-refractivity contribution in [2.75, 3.05) is 11.6 Å². The summed E-state index contributed by atoms with van der Waals surface area (Å²) >= 11 is 1.42. The van der Waals surface area contributed by atoms with Gasteiger partial charge in [-0.3, -0.25) is 4.79 Å². The fraction of sp³-hybridized carbons (Fsp3) is 0.136. The standard InChI is InChI=1S/C22H19N3O3S/c1-3-27-17-9-7-16(8-10-17)21(26)25(23-14-18-5-4-12-28-18)22-24-19-11-6-15(2)13-20(19)29-22/h4-14H,3H2,1-2H3/b23-14+. The van der Waals surface area contributed by atoms with Crippen LogP contribution in [0.3, 0.4) is 0 Å². The lowest BCUT2D eigenvalue weighted by molar-refractivity contribution is 0.0988. The predicted molar refractivity (Wildman–Crippen MR) is 115 cm³/mol. The van der Waals surface area contributed by atoms with Gasteiger partial charge >= 0.3 is 0 Å². The number of amides is 1. The van der Waals surface area contributed by atoms with Crippen molar-refractivity contribution in [3.8, 4) is 5.75 Å². The number of fused-ring (bicyclic) bond motifs is 1. The molecule has 1 amide bonds. The number of furan rings is 1. The Hall–Kier alpha value is -3.45. The van der Waals surface area contributed by atoms with E-state index in [1.54, 1.807) is 42.7 Å². The number of thiazole rings is 1.